The van der Waals surface area contributed by atoms with E-state index in [-0.39, 0.29) is 11.6 Å². The fourth-order valence-electron chi connectivity index (χ4n) is 2.99. The Kier molecular flexibility index (Phi) is 6.16. The molecule has 0 saturated carbocycles. The maximum atomic E-state index is 12.7. The monoisotopic (exact) mass is 395 g/mol. The quantitative estimate of drug-likeness (QED) is 0.606. The number of fused-ring (bicyclic) bond motifs is 1. The molecule has 1 heterocycles. The summed E-state index contributed by atoms with van der Waals surface area (Å²) in [5.74, 6) is -0.0828. The van der Waals surface area contributed by atoms with Crippen LogP contribution in [0.4, 0.5) is 5.82 Å². The number of carbonyl (C=O) groups is 2. The van der Waals surface area contributed by atoms with Gasteiger partial charge in [-0.1, -0.05) is 31.2 Å². The number of rotatable bonds is 7. The number of benzene rings is 2. The molecule has 0 aliphatic heterocycles. The molecule has 0 aliphatic rings. The highest BCUT2D eigenvalue weighted by atomic mass is 16.5. The van der Waals surface area contributed by atoms with Crippen LogP contribution in [0.3, 0.4) is 0 Å². The van der Waals surface area contributed by atoms with Gasteiger partial charge >= 0.3 is 5.97 Å². The maximum absolute atomic E-state index is 12.7. The van der Waals surface area contributed by atoms with Gasteiger partial charge in [0, 0.05) is 6.07 Å². The van der Waals surface area contributed by atoms with Crippen LogP contribution in [-0.2, 0) is 9.53 Å². The van der Waals surface area contributed by atoms with Crippen LogP contribution < -0.4 is 10.1 Å². The van der Waals surface area contributed by atoms with Crippen LogP contribution in [0.1, 0.15) is 43.6 Å². The Hall–Kier alpha value is -3.35. The zero-order valence-corrected chi connectivity index (χ0v) is 17.0. The van der Waals surface area contributed by atoms with E-state index in [9.17, 15) is 9.59 Å². The molecule has 1 aromatic heterocycles. The number of ether oxygens (including phenoxy) is 2. The first-order valence-electron chi connectivity index (χ1n) is 9.56. The smallest absolute Gasteiger partial charge is 0.342 e. The Labute approximate surface area is 169 Å². The van der Waals surface area contributed by atoms with Gasteiger partial charge in [-0.2, -0.15) is 5.10 Å². The molecule has 152 valence electrons. The van der Waals surface area contributed by atoms with E-state index in [1.54, 1.807) is 29.1 Å². The van der Waals surface area contributed by atoms with E-state index in [0.29, 0.717) is 11.6 Å². The van der Waals surface area contributed by atoms with E-state index in [0.717, 1.165) is 17.2 Å². The average Bonchev–Trinajstić information content (AvgIpc) is 3.19. The van der Waals surface area contributed by atoms with E-state index < -0.39 is 18.0 Å². The highest BCUT2D eigenvalue weighted by Crippen LogP contribution is 2.27. The molecule has 3 aromatic rings. The lowest BCUT2D eigenvalue weighted by Crippen LogP contribution is -2.31. The van der Waals surface area contributed by atoms with Gasteiger partial charge in [-0.3, -0.25) is 4.79 Å². The molecular formula is C22H25N3O4. The van der Waals surface area contributed by atoms with Gasteiger partial charge in [0.2, 0.25) is 0 Å². The van der Waals surface area contributed by atoms with Crippen molar-refractivity contribution >= 4 is 28.5 Å². The van der Waals surface area contributed by atoms with Crippen molar-refractivity contribution in [3.8, 4) is 5.75 Å². The van der Waals surface area contributed by atoms with Crippen molar-refractivity contribution in [2.45, 2.75) is 39.3 Å². The number of hydrogen-bond acceptors (Lipinski definition) is 5. The molecule has 1 N–H and O–H groups in total. The van der Waals surface area contributed by atoms with Crippen molar-refractivity contribution in [3.63, 3.8) is 0 Å². The number of nitrogens with zero attached hydrogens (tertiary/aromatic N) is 2. The topological polar surface area (TPSA) is 82.5 Å². The summed E-state index contributed by atoms with van der Waals surface area (Å²) in [6.45, 7) is 5.59. The van der Waals surface area contributed by atoms with Crippen LogP contribution in [0.2, 0.25) is 0 Å². The van der Waals surface area contributed by atoms with Gasteiger partial charge in [-0.25, -0.2) is 9.48 Å². The maximum Gasteiger partial charge on any atom is 0.342 e. The third-order valence-corrected chi connectivity index (χ3v) is 4.87. The number of anilines is 1. The van der Waals surface area contributed by atoms with Crippen molar-refractivity contribution in [2.75, 3.05) is 12.4 Å². The lowest BCUT2D eigenvalue weighted by molar-refractivity contribution is -0.123. The van der Waals surface area contributed by atoms with Crippen molar-refractivity contribution in [2.24, 2.45) is 0 Å². The summed E-state index contributed by atoms with van der Waals surface area (Å²) in [4.78, 5) is 25.3. The zero-order valence-electron chi connectivity index (χ0n) is 17.0. The summed E-state index contributed by atoms with van der Waals surface area (Å²) in [6, 6.07) is 13.0. The predicted molar refractivity (Wildman–Crippen MR) is 111 cm³/mol. The fraction of sp³-hybridized carbons (Fsp3) is 0.318. The van der Waals surface area contributed by atoms with Crippen LogP contribution in [0, 0.1) is 0 Å². The van der Waals surface area contributed by atoms with Gasteiger partial charge in [0.15, 0.2) is 6.10 Å². The highest BCUT2D eigenvalue weighted by molar-refractivity contribution is 6.01. The number of carbonyl (C=O) groups excluding carboxylic acids is 2. The van der Waals surface area contributed by atoms with Crippen LogP contribution in [0.15, 0.2) is 48.7 Å². The molecule has 0 radical (unpaired) electrons. The van der Waals surface area contributed by atoms with E-state index >= 15 is 0 Å². The third kappa shape index (κ3) is 4.39. The standard InChI is InChI=1S/C22H25N3O4/c1-5-14(2)25-20(10-11-23-25)24-21(26)15(3)29-22(27)18-12-16-8-6-7-9-17(16)13-19(18)28-4/h6-15H,5H2,1-4H3,(H,24,26)/t14-,15-/m0/s1. The Morgan fingerprint density at radius 2 is 1.83 bits per heavy atom. The summed E-state index contributed by atoms with van der Waals surface area (Å²) < 4.78 is 12.5. The number of esters is 1. The second-order valence-electron chi connectivity index (χ2n) is 6.85. The van der Waals surface area contributed by atoms with Crippen molar-refractivity contribution in [1.29, 1.82) is 0 Å². The number of nitrogens with one attached hydrogen (secondary N) is 1. The van der Waals surface area contributed by atoms with Crippen molar-refractivity contribution in [3.05, 3.63) is 54.2 Å². The van der Waals surface area contributed by atoms with Crippen LogP contribution in [0.5, 0.6) is 5.75 Å². The van der Waals surface area contributed by atoms with Gasteiger partial charge in [0.1, 0.15) is 17.1 Å². The molecule has 0 spiro atoms. The minimum absolute atomic E-state index is 0.139. The van der Waals surface area contributed by atoms with Gasteiger partial charge in [-0.15, -0.1) is 0 Å². The molecular weight excluding hydrogens is 370 g/mol. The molecule has 0 unspecified atom stereocenters. The molecule has 0 bridgehead atoms. The first-order chi connectivity index (χ1) is 13.9. The molecule has 7 heteroatoms. The molecule has 0 fully saturated rings. The lowest BCUT2D eigenvalue weighted by atomic mass is 10.1. The van der Waals surface area contributed by atoms with E-state index in [4.69, 9.17) is 9.47 Å². The molecule has 2 aromatic carbocycles. The predicted octanol–water partition coefficient (Wildman–Crippen LogP) is 4.20. The largest absolute Gasteiger partial charge is 0.496 e. The molecule has 3 rings (SSSR count). The van der Waals surface area contributed by atoms with E-state index in [2.05, 4.69) is 10.4 Å². The van der Waals surface area contributed by atoms with Crippen molar-refractivity contribution < 1.29 is 19.1 Å². The number of amides is 1. The molecule has 0 saturated heterocycles. The summed E-state index contributed by atoms with van der Waals surface area (Å²) in [5.41, 5.74) is 0.274. The zero-order chi connectivity index (χ0) is 21.0. The SMILES string of the molecule is CC[C@H](C)n1nccc1NC(=O)[C@H](C)OC(=O)c1cc2ccccc2cc1OC. The van der Waals surface area contributed by atoms with Gasteiger partial charge in [0.25, 0.3) is 5.91 Å². The fourth-order valence-corrected chi connectivity index (χ4v) is 2.99. The first-order valence-corrected chi connectivity index (χ1v) is 9.56. The minimum atomic E-state index is -0.987. The Morgan fingerprint density at radius 3 is 2.48 bits per heavy atom. The molecule has 7 nitrogen and oxygen atoms in total. The van der Waals surface area contributed by atoms with Gasteiger partial charge < -0.3 is 14.8 Å². The number of methoxy groups -OCH3 is 1. The Morgan fingerprint density at radius 1 is 1.14 bits per heavy atom. The molecule has 1 amide bonds. The first kappa shape index (κ1) is 20.4. The van der Waals surface area contributed by atoms with Crippen LogP contribution in [0.25, 0.3) is 10.8 Å². The number of aromatic nitrogens is 2. The number of hydrogen-bond donors (Lipinski definition) is 1. The van der Waals surface area contributed by atoms with E-state index in [1.165, 1.54) is 14.0 Å². The second-order valence-corrected chi connectivity index (χ2v) is 6.85. The highest BCUT2D eigenvalue weighted by Gasteiger charge is 2.23. The van der Waals surface area contributed by atoms with Crippen molar-refractivity contribution in [1.82, 2.24) is 9.78 Å². The Balaban J connectivity index is 1.74. The van der Waals surface area contributed by atoms with Crippen LogP contribution in [-0.4, -0.2) is 34.9 Å². The second kappa shape index (κ2) is 8.77. The third-order valence-electron chi connectivity index (χ3n) is 4.87. The van der Waals surface area contributed by atoms with Crippen LogP contribution >= 0.6 is 0 Å². The van der Waals surface area contributed by atoms with Gasteiger partial charge in [-0.05, 0) is 43.2 Å². The summed E-state index contributed by atoms with van der Waals surface area (Å²) in [5, 5.41) is 8.84. The lowest BCUT2D eigenvalue weighted by Gasteiger charge is -2.17. The molecule has 29 heavy (non-hydrogen) atoms. The summed E-state index contributed by atoms with van der Waals surface area (Å²) in [6.07, 6.45) is 1.51. The molecule has 2 atom stereocenters. The molecule has 0 aliphatic carbocycles. The average molecular weight is 395 g/mol. The normalized spacial score (nSPS) is 13.0. The summed E-state index contributed by atoms with van der Waals surface area (Å²) >= 11 is 0. The van der Waals surface area contributed by atoms with E-state index in [1.807, 2.05) is 38.1 Å². The Bertz CT molecular complexity index is 1030. The summed E-state index contributed by atoms with van der Waals surface area (Å²) in [7, 11) is 1.49. The minimum Gasteiger partial charge on any atom is -0.496 e. The van der Waals surface area contributed by atoms with Gasteiger partial charge in [0.05, 0.1) is 19.3 Å².